The number of hydrogen-bond acceptors (Lipinski definition) is 5. The van der Waals surface area contributed by atoms with Crippen LogP contribution in [-0.2, 0) is 35.5 Å². The Bertz CT molecular complexity index is 1310. The molecule has 1 aliphatic carbocycles. The first-order chi connectivity index (χ1) is 14.1. The zero-order chi connectivity index (χ0) is 19.9. The van der Waals surface area contributed by atoms with E-state index in [4.69, 9.17) is 15.5 Å². The largest absolute Gasteiger partial charge is 0.460 e. The molecule has 6 heteroatoms. The van der Waals surface area contributed by atoms with Crippen LogP contribution in [0.5, 0.6) is 0 Å². The molecule has 2 aliphatic heterocycles. The molecule has 146 valence electrons. The van der Waals surface area contributed by atoms with E-state index in [9.17, 15) is 9.59 Å². The van der Waals surface area contributed by atoms with E-state index in [1.165, 1.54) is 16.5 Å². The maximum atomic E-state index is 13.3. The molecule has 0 saturated carbocycles. The van der Waals surface area contributed by atoms with Gasteiger partial charge in [0.05, 0.1) is 34.9 Å². The van der Waals surface area contributed by atoms with Crippen molar-refractivity contribution in [1.82, 2.24) is 9.55 Å². The number of nitrogen functional groups attached to an aromatic ring is 1. The number of cyclic esters (lactones) is 1. The molecule has 0 bridgehead atoms. The van der Waals surface area contributed by atoms with Crippen LogP contribution in [0.25, 0.3) is 22.3 Å². The first-order valence-corrected chi connectivity index (χ1v) is 10.2. The van der Waals surface area contributed by atoms with E-state index in [1.807, 2.05) is 25.1 Å². The average molecular weight is 387 g/mol. The van der Waals surface area contributed by atoms with E-state index in [0.717, 1.165) is 53.0 Å². The summed E-state index contributed by atoms with van der Waals surface area (Å²) in [6, 6.07) is 5.92. The number of rotatable bonds is 1. The molecule has 6 rings (SSSR count). The van der Waals surface area contributed by atoms with Gasteiger partial charge in [0.1, 0.15) is 6.61 Å². The van der Waals surface area contributed by atoms with Crippen LogP contribution in [0.2, 0.25) is 0 Å². The third-order valence-electron chi connectivity index (χ3n) is 6.79. The van der Waals surface area contributed by atoms with Crippen molar-refractivity contribution in [3.05, 3.63) is 56.4 Å². The second-order valence-corrected chi connectivity index (χ2v) is 8.22. The van der Waals surface area contributed by atoms with Gasteiger partial charge >= 0.3 is 5.97 Å². The van der Waals surface area contributed by atoms with Gasteiger partial charge in [-0.05, 0) is 60.6 Å². The Morgan fingerprint density at radius 1 is 1.17 bits per heavy atom. The molecular weight excluding hydrogens is 366 g/mol. The lowest BCUT2D eigenvalue weighted by atomic mass is 9.86. The lowest BCUT2D eigenvalue weighted by molar-refractivity contribution is -0.148. The van der Waals surface area contributed by atoms with E-state index >= 15 is 0 Å². The predicted molar refractivity (Wildman–Crippen MR) is 110 cm³/mol. The number of carbonyl (C=O) groups excluding carboxylic acids is 1. The van der Waals surface area contributed by atoms with Gasteiger partial charge in [0.15, 0.2) is 0 Å². The van der Waals surface area contributed by atoms with Crippen LogP contribution >= 0.6 is 0 Å². The van der Waals surface area contributed by atoms with Crippen LogP contribution in [0.15, 0.2) is 23.0 Å². The number of fused-ring (bicyclic) bond motifs is 5. The number of carbonyl (C=O) groups is 1. The van der Waals surface area contributed by atoms with Gasteiger partial charge in [-0.1, -0.05) is 6.92 Å². The Morgan fingerprint density at radius 3 is 2.83 bits per heavy atom. The summed E-state index contributed by atoms with van der Waals surface area (Å²) in [7, 11) is 0. The summed E-state index contributed by atoms with van der Waals surface area (Å²) in [5, 5.41) is 1.17. The number of aromatic nitrogens is 2. The fourth-order valence-corrected chi connectivity index (χ4v) is 5.37. The Morgan fingerprint density at radius 2 is 2.00 bits per heavy atom. The van der Waals surface area contributed by atoms with Crippen molar-refractivity contribution in [3.63, 3.8) is 0 Å². The van der Waals surface area contributed by atoms with Crippen molar-refractivity contribution in [1.29, 1.82) is 0 Å². The molecule has 0 amide bonds. The highest BCUT2D eigenvalue weighted by atomic mass is 16.5. The Kier molecular flexibility index (Phi) is 3.29. The van der Waals surface area contributed by atoms with E-state index in [0.29, 0.717) is 18.5 Å². The van der Waals surface area contributed by atoms with E-state index in [1.54, 1.807) is 4.57 Å². The lowest BCUT2D eigenvalue weighted by Gasteiger charge is -2.24. The molecule has 6 nitrogen and oxygen atoms in total. The van der Waals surface area contributed by atoms with Gasteiger partial charge in [-0.3, -0.25) is 9.59 Å². The summed E-state index contributed by atoms with van der Waals surface area (Å²) in [6.45, 7) is 2.53. The molecule has 29 heavy (non-hydrogen) atoms. The topological polar surface area (TPSA) is 87.2 Å². The number of benzene rings is 1. The number of esters is 1. The van der Waals surface area contributed by atoms with Crippen LogP contribution in [-0.4, -0.2) is 15.5 Å². The number of aryl methyl sites for hydroxylation is 2. The molecular formula is C23H21N3O3. The first-order valence-electron chi connectivity index (χ1n) is 10.2. The third-order valence-corrected chi connectivity index (χ3v) is 6.79. The van der Waals surface area contributed by atoms with Gasteiger partial charge in [-0.15, -0.1) is 0 Å². The van der Waals surface area contributed by atoms with Gasteiger partial charge < -0.3 is 15.0 Å². The monoisotopic (exact) mass is 387 g/mol. The number of nitrogens with zero attached hydrogens (tertiary/aromatic N) is 2. The minimum Gasteiger partial charge on any atom is -0.460 e. The average Bonchev–Trinajstić information content (AvgIpc) is 3.10. The van der Waals surface area contributed by atoms with Crippen molar-refractivity contribution in [2.24, 2.45) is 0 Å². The highest BCUT2D eigenvalue weighted by molar-refractivity contribution is 5.94. The maximum absolute atomic E-state index is 13.3. The number of hydrogen-bond donors (Lipinski definition) is 1. The first kappa shape index (κ1) is 16.8. The highest BCUT2D eigenvalue weighted by Gasteiger charge is 2.35. The minimum absolute atomic E-state index is 0.0586. The number of nitrogens with two attached hydrogens (primary N) is 1. The zero-order valence-electron chi connectivity index (χ0n) is 16.2. The molecule has 2 N–H and O–H groups in total. The molecule has 0 spiro atoms. The Labute approximate surface area is 167 Å². The summed E-state index contributed by atoms with van der Waals surface area (Å²) in [5.41, 5.74) is 14.6. The summed E-state index contributed by atoms with van der Waals surface area (Å²) in [4.78, 5) is 30.5. The number of anilines is 1. The van der Waals surface area contributed by atoms with Crippen LogP contribution < -0.4 is 11.3 Å². The molecule has 3 aliphatic rings. The molecule has 0 fully saturated rings. The SMILES string of the molecule is CCC1C(=O)OCc2c1cc1n(c2=O)Cc2c-1nc1ccc(N)c3c1c2CCC3. The van der Waals surface area contributed by atoms with Crippen molar-refractivity contribution in [3.8, 4) is 11.4 Å². The number of ether oxygens (including phenoxy) is 1. The third kappa shape index (κ3) is 2.09. The lowest BCUT2D eigenvalue weighted by Crippen LogP contribution is -2.32. The summed E-state index contributed by atoms with van der Waals surface area (Å²) < 4.78 is 7.09. The van der Waals surface area contributed by atoms with Crippen molar-refractivity contribution in [2.45, 2.75) is 51.7 Å². The van der Waals surface area contributed by atoms with Crippen molar-refractivity contribution < 1.29 is 9.53 Å². The van der Waals surface area contributed by atoms with Gasteiger partial charge in [-0.25, -0.2) is 4.98 Å². The fraction of sp³-hybridized carbons (Fsp3) is 0.348. The molecule has 0 radical (unpaired) electrons. The Hall–Kier alpha value is -3.15. The Balaban J connectivity index is 1.66. The van der Waals surface area contributed by atoms with Crippen molar-refractivity contribution in [2.75, 3.05) is 5.73 Å². The predicted octanol–water partition coefficient (Wildman–Crippen LogP) is 3.05. The summed E-state index contributed by atoms with van der Waals surface area (Å²) in [6.07, 6.45) is 3.60. The minimum atomic E-state index is -0.383. The molecule has 1 unspecified atom stereocenters. The normalized spacial score (nSPS) is 18.9. The van der Waals surface area contributed by atoms with Crippen LogP contribution in [0, 0.1) is 0 Å². The van der Waals surface area contributed by atoms with E-state index < -0.39 is 0 Å². The van der Waals surface area contributed by atoms with Gasteiger partial charge in [-0.2, -0.15) is 0 Å². The van der Waals surface area contributed by atoms with Crippen LogP contribution in [0.1, 0.15) is 53.5 Å². The standard InChI is InChI=1S/C23H21N3O3/c1-2-11-14-8-19-21-15(9-26(19)22(27)16(14)10-29-23(11)28)12-4-3-5-13-17(24)6-7-18(25-21)20(12)13/h6-8,11H,2-5,9-10,24H2,1H3. The second kappa shape index (κ2) is 5.69. The smallest absolute Gasteiger partial charge is 0.313 e. The summed E-state index contributed by atoms with van der Waals surface area (Å²) >= 11 is 0. The van der Waals surface area contributed by atoms with Gasteiger partial charge in [0, 0.05) is 16.6 Å². The summed E-state index contributed by atoms with van der Waals surface area (Å²) in [5.74, 6) is -0.629. The van der Waals surface area contributed by atoms with Crippen molar-refractivity contribution >= 4 is 22.6 Å². The molecule has 0 saturated heterocycles. The maximum Gasteiger partial charge on any atom is 0.313 e. The quantitative estimate of drug-likeness (QED) is 0.401. The number of pyridine rings is 2. The molecule has 1 atom stereocenters. The van der Waals surface area contributed by atoms with Crippen LogP contribution in [0.3, 0.4) is 0 Å². The molecule has 4 heterocycles. The molecule has 3 aromatic rings. The van der Waals surface area contributed by atoms with Gasteiger partial charge in [0.25, 0.3) is 5.56 Å². The molecule has 2 aromatic heterocycles. The van der Waals surface area contributed by atoms with Gasteiger partial charge in [0.2, 0.25) is 0 Å². The van der Waals surface area contributed by atoms with E-state index in [2.05, 4.69) is 0 Å². The van der Waals surface area contributed by atoms with Crippen LogP contribution in [0.4, 0.5) is 5.69 Å². The molecule has 1 aromatic carbocycles. The fourth-order valence-electron chi connectivity index (χ4n) is 5.37. The zero-order valence-corrected chi connectivity index (χ0v) is 16.2. The highest BCUT2D eigenvalue weighted by Crippen LogP contribution is 2.42. The van der Waals surface area contributed by atoms with E-state index in [-0.39, 0.29) is 24.1 Å². The second-order valence-electron chi connectivity index (χ2n) is 8.22.